The number of nitrogens with one attached hydrogen (secondary N) is 2. The number of fused-ring (bicyclic) bond motifs is 1. The van der Waals surface area contributed by atoms with Gasteiger partial charge < -0.3 is 5.32 Å². The number of anilines is 1. The van der Waals surface area contributed by atoms with E-state index in [-0.39, 0.29) is 11.8 Å². The van der Waals surface area contributed by atoms with E-state index in [0.29, 0.717) is 10.7 Å². The third-order valence-electron chi connectivity index (χ3n) is 3.68. The van der Waals surface area contributed by atoms with Crippen molar-refractivity contribution in [1.29, 1.82) is 0 Å². The van der Waals surface area contributed by atoms with Crippen LogP contribution in [0.25, 0.3) is 16.3 Å². The van der Waals surface area contributed by atoms with Crippen molar-refractivity contribution >= 4 is 44.6 Å². The number of hydrogen-bond donors (Lipinski definition) is 2. The van der Waals surface area contributed by atoms with Crippen molar-refractivity contribution in [3.05, 3.63) is 65.2 Å². The van der Waals surface area contributed by atoms with Crippen molar-refractivity contribution in [2.45, 2.75) is 6.92 Å². The van der Waals surface area contributed by atoms with E-state index in [0.717, 1.165) is 21.3 Å². The third kappa shape index (κ3) is 3.92. The van der Waals surface area contributed by atoms with Crippen LogP contribution in [-0.4, -0.2) is 23.8 Å². The highest BCUT2D eigenvalue weighted by Crippen LogP contribution is 2.27. The molecule has 2 aromatic carbocycles. The van der Waals surface area contributed by atoms with Crippen molar-refractivity contribution in [3.63, 3.8) is 0 Å². The van der Waals surface area contributed by atoms with Crippen LogP contribution in [0.4, 0.5) is 5.13 Å². The fourth-order valence-corrected chi connectivity index (χ4v) is 3.30. The maximum absolute atomic E-state index is 12.1. The van der Waals surface area contributed by atoms with Crippen molar-refractivity contribution < 1.29 is 9.59 Å². The molecule has 0 saturated heterocycles. The fourth-order valence-electron chi connectivity index (χ4n) is 2.35. The van der Waals surface area contributed by atoms with E-state index in [1.165, 1.54) is 17.4 Å². The highest BCUT2D eigenvalue weighted by molar-refractivity contribution is 7.22. The van der Waals surface area contributed by atoms with Crippen LogP contribution in [0, 0.1) is 6.92 Å². The molecular weight excluding hydrogens is 334 g/mol. The molecule has 2 amide bonds. The molecule has 126 valence electrons. The van der Waals surface area contributed by atoms with E-state index < -0.39 is 0 Å². The summed E-state index contributed by atoms with van der Waals surface area (Å²) in [4.78, 5) is 28.0. The van der Waals surface area contributed by atoms with Crippen molar-refractivity contribution in [3.8, 4) is 0 Å². The summed E-state index contributed by atoms with van der Waals surface area (Å²) in [5.74, 6) is -0.383. The molecule has 0 spiro atoms. The molecule has 1 aromatic heterocycles. The molecule has 25 heavy (non-hydrogen) atoms. The monoisotopic (exact) mass is 351 g/mol. The van der Waals surface area contributed by atoms with Gasteiger partial charge in [0.2, 0.25) is 5.91 Å². The van der Waals surface area contributed by atoms with Gasteiger partial charge in [-0.3, -0.25) is 14.9 Å². The summed E-state index contributed by atoms with van der Waals surface area (Å²) in [6.07, 6.45) is 3.15. The number of amides is 2. The lowest BCUT2D eigenvalue weighted by Gasteiger charge is -2.00. The van der Waals surface area contributed by atoms with Gasteiger partial charge in [-0.1, -0.05) is 35.6 Å². The Kier molecular flexibility index (Phi) is 4.90. The predicted octanol–water partition coefficient (Wildman–Crippen LogP) is 3.62. The summed E-state index contributed by atoms with van der Waals surface area (Å²) in [5.41, 5.74) is 3.41. The van der Waals surface area contributed by atoms with E-state index in [9.17, 15) is 9.59 Å². The number of para-hydroxylation sites is 1. The van der Waals surface area contributed by atoms with E-state index in [4.69, 9.17) is 0 Å². The molecule has 0 aliphatic rings. The standard InChI is InChI=1S/C19H17N3O2S/c1-12-4-3-5-15-17(12)22-19(25-15)21-16(23)11-8-13-6-9-14(10-7-13)18(24)20-2/h3-11H,1-2H3,(H,20,24)(H,21,22,23)/b11-8+. The van der Waals surface area contributed by atoms with Gasteiger partial charge in [0.25, 0.3) is 5.91 Å². The molecule has 2 N–H and O–H groups in total. The minimum absolute atomic E-state index is 0.139. The molecule has 3 rings (SSSR count). The second-order valence-corrected chi connectivity index (χ2v) is 6.50. The van der Waals surface area contributed by atoms with Crippen LogP contribution < -0.4 is 10.6 Å². The average molecular weight is 351 g/mol. The zero-order valence-corrected chi connectivity index (χ0v) is 14.7. The largest absolute Gasteiger partial charge is 0.355 e. The predicted molar refractivity (Wildman–Crippen MR) is 102 cm³/mol. The lowest BCUT2D eigenvalue weighted by molar-refractivity contribution is -0.111. The van der Waals surface area contributed by atoms with E-state index >= 15 is 0 Å². The fraction of sp³-hybridized carbons (Fsp3) is 0.105. The van der Waals surface area contributed by atoms with Crippen LogP contribution in [0.3, 0.4) is 0 Å². The van der Waals surface area contributed by atoms with Crippen LogP contribution >= 0.6 is 11.3 Å². The first-order chi connectivity index (χ1) is 12.1. The molecule has 0 atom stereocenters. The summed E-state index contributed by atoms with van der Waals surface area (Å²) >= 11 is 1.45. The Morgan fingerprint density at radius 1 is 1.12 bits per heavy atom. The molecule has 0 saturated carbocycles. The molecule has 0 fully saturated rings. The number of aryl methyl sites for hydroxylation is 1. The van der Waals surface area contributed by atoms with Crippen LogP contribution in [0.15, 0.2) is 48.5 Å². The molecule has 5 nitrogen and oxygen atoms in total. The van der Waals surface area contributed by atoms with Crippen LogP contribution in [0.2, 0.25) is 0 Å². The van der Waals surface area contributed by atoms with Crippen molar-refractivity contribution in [2.75, 3.05) is 12.4 Å². The van der Waals surface area contributed by atoms with Crippen molar-refractivity contribution in [1.82, 2.24) is 10.3 Å². The number of carbonyl (C=O) groups excluding carboxylic acids is 2. The number of aromatic nitrogens is 1. The lowest BCUT2D eigenvalue weighted by atomic mass is 10.1. The SMILES string of the molecule is CNC(=O)c1ccc(/C=C/C(=O)Nc2nc3c(C)cccc3s2)cc1. The molecule has 0 unspecified atom stereocenters. The van der Waals surface area contributed by atoms with Gasteiger partial charge in [-0.15, -0.1) is 0 Å². The zero-order valence-electron chi connectivity index (χ0n) is 13.9. The second kappa shape index (κ2) is 7.27. The number of benzene rings is 2. The van der Waals surface area contributed by atoms with Gasteiger partial charge in [0.1, 0.15) is 0 Å². The summed E-state index contributed by atoms with van der Waals surface area (Å²) in [5, 5.41) is 5.93. The molecule has 3 aromatic rings. The lowest BCUT2D eigenvalue weighted by Crippen LogP contribution is -2.17. The topological polar surface area (TPSA) is 71.1 Å². The maximum atomic E-state index is 12.1. The Balaban J connectivity index is 1.68. The maximum Gasteiger partial charge on any atom is 0.251 e. The highest BCUT2D eigenvalue weighted by Gasteiger charge is 2.07. The molecular formula is C19H17N3O2S. The summed E-state index contributed by atoms with van der Waals surface area (Å²) < 4.78 is 1.05. The molecule has 0 aliphatic heterocycles. The minimum atomic E-state index is -0.243. The normalized spacial score (nSPS) is 11.0. The Hall–Kier alpha value is -2.99. The number of nitrogens with zero attached hydrogens (tertiary/aromatic N) is 1. The number of thiazole rings is 1. The Labute approximate surface area is 149 Å². The van der Waals surface area contributed by atoms with Gasteiger partial charge in [0, 0.05) is 18.7 Å². The van der Waals surface area contributed by atoms with Gasteiger partial charge in [-0.25, -0.2) is 4.98 Å². The molecule has 1 heterocycles. The summed E-state index contributed by atoms with van der Waals surface area (Å²) in [6.45, 7) is 2.00. The van der Waals surface area contributed by atoms with Crippen LogP contribution in [0.1, 0.15) is 21.5 Å². The Bertz CT molecular complexity index is 958. The summed E-state index contributed by atoms with van der Waals surface area (Å²) in [6, 6.07) is 13.0. The Morgan fingerprint density at radius 2 is 1.88 bits per heavy atom. The van der Waals surface area contributed by atoms with E-state index in [1.807, 2.05) is 25.1 Å². The highest BCUT2D eigenvalue weighted by atomic mass is 32.1. The number of rotatable bonds is 4. The minimum Gasteiger partial charge on any atom is -0.355 e. The molecule has 0 aliphatic carbocycles. The van der Waals surface area contributed by atoms with Crippen LogP contribution in [0.5, 0.6) is 0 Å². The first-order valence-corrected chi connectivity index (χ1v) is 8.56. The third-order valence-corrected chi connectivity index (χ3v) is 4.61. The van der Waals surface area contributed by atoms with Gasteiger partial charge in [0.15, 0.2) is 5.13 Å². The van der Waals surface area contributed by atoms with E-state index in [1.54, 1.807) is 37.4 Å². The first kappa shape index (κ1) is 16.9. The average Bonchev–Trinajstić information content (AvgIpc) is 3.03. The number of carbonyl (C=O) groups is 2. The summed E-state index contributed by atoms with van der Waals surface area (Å²) in [7, 11) is 1.59. The molecule has 0 bridgehead atoms. The van der Waals surface area contributed by atoms with E-state index in [2.05, 4.69) is 15.6 Å². The zero-order chi connectivity index (χ0) is 17.8. The second-order valence-electron chi connectivity index (χ2n) is 5.46. The van der Waals surface area contributed by atoms with Gasteiger partial charge in [0.05, 0.1) is 10.2 Å². The first-order valence-electron chi connectivity index (χ1n) is 7.74. The molecule has 0 radical (unpaired) electrons. The van der Waals surface area contributed by atoms with Gasteiger partial charge >= 0.3 is 0 Å². The quantitative estimate of drug-likeness (QED) is 0.705. The number of hydrogen-bond acceptors (Lipinski definition) is 4. The van der Waals surface area contributed by atoms with Crippen molar-refractivity contribution in [2.24, 2.45) is 0 Å². The van der Waals surface area contributed by atoms with Gasteiger partial charge in [-0.2, -0.15) is 0 Å². The Morgan fingerprint density at radius 3 is 2.56 bits per heavy atom. The molecule has 6 heteroatoms. The smallest absolute Gasteiger partial charge is 0.251 e. The van der Waals surface area contributed by atoms with Crippen LogP contribution in [-0.2, 0) is 4.79 Å². The van der Waals surface area contributed by atoms with Gasteiger partial charge in [-0.05, 0) is 42.3 Å².